The monoisotopic (exact) mass is 420 g/mol. The summed E-state index contributed by atoms with van der Waals surface area (Å²) in [6.07, 6.45) is 0. The molecule has 0 radical (unpaired) electrons. The van der Waals surface area contributed by atoms with E-state index in [-0.39, 0.29) is 12.6 Å². The molecule has 0 aliphatic carbocycles. The van der Waals surface area contributed by atoms with E-state index >= 15 is 0 Å². The van der Waals surface area contributed by atoms with E-state index in [1.807, 2.05) is 24.3 Å². The van der Waals surface area contributed by atoms with Crippen LogP contribution in [0.1, 0.15) is 21.5 Å². The molecular formula is C19H21BrN2O4. The number of halogens is 1. The Bertz CT molecular complexity index is 795. The summed E-state index contributed by atoms with van der Waals surface area (Å²) in [4.78, 5) is 25.7. The summed E-state index contributed by atoms with van der Waals surface area (Å²) in [5.74, 6) is -0.0564. The fourth-order valence-electron chi connectivity index (χ4n) is 2.40. The lowest BCUT2D eigenvalue weighted by atomic mass is 10.1. The number of nitrogens with one attached hydrogen (secondary N) is 1. The predicted octanol–water partition coefficient (Wildman–Crippen LogP) is 3.59. The zero-order valence-electron chi connectivity index (χ0n) is 14.9. The third kappa shape index (κ3) is 4.98. The van der Waals surface area contributed by atoms with Crippen molar-refractivity contribution in [1.29, 1.82) is 0 Å². The maximum atomic E-state index is 12.3. The lowest BCUT2D eigenvalue weighted by Crippen LogP contribution is -2.36. The van der Waals surface area contributed by atoms with Crippen molar-refractivity contribution in [3.8, 4) is 5.75 Å². The van der Waals surface area contributed by atoms with Crippen molar-refractivity contribution < 1.29 is 19.1 Å². The first-order valence-electron chi connectivity index (χ1n) is 7.94. The van der Waals surface area contributed by atoms with Gasteiger partial charge in [0.15, 0.2) is 0 Å². The third-order valence-electron chi connectivity index (χ3n) is 3.82. The fraction of sp³-hybridized carbons (Fsp3) is 0.263. The number of carbonyl (C=O) groups excluding carboxylic acids is 2. The molecule has 0 saturated heterocycles. The molecule has 0 bridgehead atoms. The Kier molecular flexibility index (Phi) is 7.03. The Morgan fingerprint density at radius 2 is 1.88 bits per heavy atom. The highest BCUT2D eigenvalue weighted by molar-refractivity contribution is 9.10. The van der Waals surface area contributed by atoms with Crippen LogP contribution in [0.4, 0.5) is 4.79 Å². The highest BCUT2D eigenvalue weighted by atomic mass is 79.9. The van der Waals surface area contributed by atoms with E-state index < -0.39 is 5.97 Å². The number of carbonyl (C=O) groups is 2. The molecule has 0 aliphatic rings. The van der Waals surface area contributed by atoms with Gasteiger partial charge in [-0.2, -0.15) is 0 Å². The van der Waals surface area contributed by atoms with Crippen molar-refractivity contribution in [3.63, 3.8) is 0 Å². The van der Waals surface area contributed by atoms with E-state index in [1.54, 1.807) is 30.1 Å². The molecule has 7 heteroatoms. The van der Waals surface area contributed by atoms with Crippen LogP contribution < -0.4 is 10.1 Å². The molecule has 2 amide bonds. The summed E-state index contributed by atoms with van der Waals surface area (Å²) in [6, 6.07) is 12.7. The van der Waals surface area contributed by atoms with E-state index in [0.29, 0.717) is 17.9 Å². The van der Waals surface area contributed by atoms with E-state index in [1.165, 1.54) is 14.2 Å². The maximum absolute atomic E-state index is 12.3. The number of nitrogens with zero attached hydrogens (tertiary/aromatic N) is 1. The SMILES string of the molecule is COC(=O)c1cc(CNC(=O)N(C)Cc2ccccc2Br)ccc1OC. The molecule has 138 valence electrons. The van der Waals surface area contributed by atoms with Gasteiger partial charge in [-0.15, -0.1) is 0 Å². The van der Waals surface area contributed by atoms with E-state index in [2.05, 4.69) is 21.2 Å². The van der Waals surface area contributed by atoms with Gasteiger partial charge < -0.3 is 19.7 Å². The van der Waals surface area contributed by atoms with Gasteiger partial charge in [0.2, 0.25) is 0 Å². The molecule has 0 fully saturated rings. The van der Waals surface area contributed by atoms with Gasteiger partial charge in [-0.25, -0.2) is 9.59 Å². The van der Waals surface area contributed by atoms with E-state index in [4.69, 9.17) is 9.47 Å². The normalized spacial score (nSPS) is 10.2. The summed E-state index contributed by atoms with van der Waals surface area (Å²) in [5.41, 5.74) is 2.11. The Hall–Kier alpha value is -2.54. The molecule has 2 rings (SSSR count). The molecule has 0 aliphatic heterocycles. The number of methoxy groups -OCH3 is 2. The average molecular weight is 421 g/mol. The van der Waals surface area contributed by atoms with Crippen LogP contribution in [0.5, 0.6) is 5.75 Å². The van der Waals surface area contributed by atoms with Crippen molar-refractivity contribution >= 4 is 27.9 Å². The van der Waals surface area contributed by atoms with Crippen LogP contribution in [0, 0.1) is 0 Å². The molecule has 0 heterocycles. The van der Waals surface area contributed by atoms with Gasteiger partial charge >= 0.3 is 12.0 Å². The second-order valence-electron chi connectivity index (χ2n) is 5.63. The molecule has 2 aromatic rings. The Morgan fingerprint density at radius 1 is 1.15 bits per heavy atom. The second kappa shape index (κ2) is 9.24. The van der Waals surface area contributed by atoms with Crippen LogP contribution in [0.15, 0.2) is 46.9 Å². The zero-order valence-corrected chi connectivity index (χ0v) is 16.5. The first-order valence-corrected chi connectivity index (χ1v) is 8.73. The van der Waals surface area contributed by atoms with Crippen molar-refractivity contribution in [3.05, 3.63) is 63.6 Å². The summed E-state index contributed by atoms with van der Waals surface area (Å²) in [6.45, 7) is 0.760. The number of hydrogen-bond donors (Lipinski definition) is 1. The van der Waals surface area contributed by atoms with Crippen molar-refractivity contribution in [1.82, 2.24) is 10.2 Å². The highest BCUT2D eigenvalue weighted by Gasteiger charge is 2.15. The Labute approximate surface area is 161 Å². The van der Waals surface area contributed by atoms with Gasteiger partial charge in [-0.05, 0) is 29.3 Å². The van der Waals surface area contributed by atoms with Crippen LogP contribution >= 0.6 is 15.9 Å². The standard InChI is InChI=1S/C19H21BrN2O4/c1-22(12-14-6-4-5-7-16(14)20)19(24)21-11-13-8-9-17(25-2)15(10-13)18(23)26-3/h4-10H,11-12H2,1-3H3,(H,21,24). The molecular weight excluding hydrogens is 400 g/mol. The van der Waals surface area contributed by atoms with E-state index in [0.717, 1.165) is 15.6 Å². The number of hydrogen-bond acceptors (Lipinski definition) is 4. The van der Waals surface area contributed by atoms with Gasteiger partial charge in [-0.3, -0.25) is 0 Å². The highest BCUT2D eigenvalue weighted by Crippen LogP contribution is 2.21. The molecule has 0 aromatic heterocycles. The van der Waals surface area contributed by atoms with Gasteiger partial charge in [0.05, 0.1) is 14.2 Å². The van der Waals surface area contributed by atoms with Crippen molar-refractivity contribution in [2.45, 2.75) is 13.1 Å². The minimum absolute atomic E-state index is 0.212. The smallest absolute Gasteiger partial charge is 0.341 e. The summed E-state index contributed by atoms with van der Waals surface area (Å²) < 4.78 is 10.9. The van der Waals surface area contributed by atoms with Gasteiger partial charge in [0.25, 0.3) is 0 Å². The van der Waals surface area contributed by atoms with Crippen LogP contribution in [0.25, 0.3) is 0 Å². The quantitative estimate of drug-likeness (QED) is 0.725. The maximum Gasteiger partial charge on any atom is 0.341 e. The Balaban J connectivity index is 2.00. The number of amides is 2. The zero-order chi connectivity index (χ0) is 19.1. The molecule has 0 saturated carbocycles. The number of esters is 1. The summed E-state index contributed by atoms with van der Waals surface area (Å²) >= 11 is 3.48. The predicted molar refractivity (Wildman–Crippen MR) is 102 cm³/mol. The first-order chi connectivity index (χ1) is 12.5. The molecule has 26 heavy (non-hydrogen) atoms. The largest absolute Gasteiger partial charge is 0.496 e. The summed E-state index contributed by atoms with van der Waals surface area (Å²) in [5, 5.41) is 2.84. The number of benzene rings is 2. The lowest BCUT2D eigenvalue weighted by Gasteiger charge is -2.19. The molecule has 0 atom stereocenters. The molecule has 0 spiro atoms. The van der Waals surface area contributed by atoms with E-state index in [9.17, 15) is 9.59 Å². The molecule has 0 unspecified atom stereocenters. The minimum atomic E-state index is -0.485. The number of rotatable bonds is 6. The van der Waals surface area contributed by atoms with Crippen LogP contribution in [0.2, 0.25) is 0 Å². The minimum Gasteiger partial charge on any atom is -0.496 e. The van der Waals surface area contributed by atoms with Crippen LogP contribution in [-0.2, 0) is 17.8 Å². The van der Waals surface area contributed by atoms with Gasteiger partial charge in [0, 0.05) is 24.6 Å². The van der Waals surface area contributed by atoms with Crippen molar-refractivity contribution in [2.75, 3.05) is 21.3 Å². The first kappa shape index (κ1) is 19.8. The van der Waals surface area contributed by atoms with Crippen LogP contribution in [-0.4, -0.2) is 38.2 Å². The Morgan fingerprint density at radius 3 is 2.54 bits per heavy atom. The van der Waals surface area contributed by atoms with Crippen molar-refractivity contribution in [2.24, 2.45) is 0 Å². The van der Waals surface area contributed by atoms with Crippen LogP contribution in [0.3, 0.4) is 0 Å². The topological polar surface area (TPSA) is 67.9 Å². The lowest BCUT2D eigenvalue weighted by molar-refractivity contribution is 0.0597. The molecule has 1 N–H and O–H groups in total. The average Bonchev–Trinajstić information content (AvgIpc) is 2.66. The number of ether oxygens (including phenoxy) is 2. The molecule has 6 nitrogen and oxygen atoms in total. The third-order valence-corrected chi connectivity index (χ3v) is 4.60. The molecule has 2 aromatic carbocycles. The summed E-state index contributed by atoms with van der Waals surface area (Å²) in [7, 11) is 4.52. The van der Waals surface area contributed by atoms with Gasteiger partial charge in [-0.1, -0.05) is 40.2 Å². The van der Waals surface area contributed by atoms with Gasteiger partial charge in [0.1, 0.15) is 11.3 Å². The fourth-order valence-corrected chi connectivity index (χ4v) is 2.81. The second-order valence-corrected chi connectivity index (χ2v) is 6.49. The number of urea groups is 1.